The third kappa shape index (κ3) is 2.38. The molecule has 0 spiro atoms. The molecule has 4 nitrogen and oxygen atoms in total. The number of nitrogens with one attached hydrogen (secondary N) is 1. The number of nitro benzene ring substituents is 1. The van der Waals surface area contributed by atoms with Crippen LogP contribution in [0.25, 0.3) is 0 Å². The molecule has 0 radical (unpaired) electrons. The van der Waals surface area contributed by atoms with Gasteiger partial charge in [-0.1, -0.05) is 53.6 Å². The van der Waals surface area contributed by atoms with E-state index in [4.69, 9.17) is 23.2 Å². The molecule has 1 aliphatic carbocycles. The minimum atomic E-state index is -0.367. The molecule has 0 amide bonds. The fourth-order valence-corrected chi connectivity index (χ4v) is 4.15. The van der Waals surface area contributed by atoms with Gasteiger partial charge in [0, 0.05) is 18.1 Å². The van der Waals surface area contributed by atoms with E-state index >= 15 is 0 Å². The highest BCUT2D eigenvalue weighted by molar-refractivity contribution is 6.43. The SMILES string of the molecule is O=[N+]([O-])c1cccc([C@H]2Nc3c(ccc(Cl)c3Cl)[C@@H]3C=CC[C@@H]23)c1. The standard InChI is InChI=1S/C18H14Cl2N2O2/c19-15-8-7-14-12-5-2-6-13(12)17(21-18(14)16(15)20)10-3-1-4-11(9-10)22(23)24/h1-5,7-9,12-13,17,21H,6H2/t12-,13-,17-/m1/s1. The Kier molecular flexibility index (Phi) is 3.74. The van der Waals surface area contributed by atoms with Crippen LogP contribution in [0.4, 0.5) is 11.4 Å². The summed E-state index contributed by atoms with van der Waals surface area (Å²) in [6, 6.07) is 10.6. The van der Waals surface area contributed by atoms with E-state index in [1.807, 2.05) is 18.2 Å². The van der Waals surface area contributed by atoms with E-state index in [2.05, 4.69) is 17.5 Å². The molecule has 2 aromatic carbocycles. The normalized spacial score (nSPS) is 24.2. The van der Waals surface area contributed by atoms with Gasteiger partial charge in [-0.05, 0) is 29.5 Å². The van der Waals surface area contributed by atoms with E-state index in [-0.39, 0.29) is 22.6 Å². The van der Waals surface area contributed by atoms with Crippen molar-refractivity contribution in [2.24, 2.45) is 5.92 Å². The summed E-state index contributed by atoms with van der Waals surface area (Å²) in [5.74, 6) is 0.539. The number of fused-ring (bicyclic) bond motifs is 3. The fraction of sp³-hybridized carbons (Fsp3) is 0.222. The molecule has 3 atom stereocenters. The molecule has 6 heteroatoms. The van der Waals surface area contributed by atoms with Crippen LogP contribution in [0.5, 0.6) is 0 Å². The second kappa shape index (κ2) is 5.80. The van der Waals surface area contributed by atoms with Crippen LogP contribution in [0, 0.1) is 16.0 Å². The number of nitro groups is 1. The highest BCUT2D eigenvalue weighted by atomic mass is 35.5. The van der Waals surface area contributed by atoms with Gasteiger partial charge in [-0.3, -0.25) is 10.1 Å². The van der Waals surface area contributed by atoms with Crippen LogP contribution in [0.1, 0.15) is 29.5 Å². The van der Waals surface area contributed by atoms with Crippen LogP contribution in [0.2, 0.25) is 10.0 Å². The molecule has 122 valence electrons. The Balaban J connectivity index is 1.82. The predicted molar refractivity (Wildman–Crippen MR) is 95.9 cm³/mol. The first-order valence-electron chi connectivity index (χ1n) is 7.71. The third-order valence-electron chi connectivity index (χ3n) is 4.87. The largest absolute Gasteiger partial charge is 0.376 e. The summed E-state index contributed by atoms with van der Waals surface area (Å²) >= 11 is 12.6. The van der Waals surface area contributed by atoms with Crippen molar-refractivity contribution in [2.45, 2.75) is 18.4 Å². The summed E-state index contributed by atoms with van der Waals surface area (Å²) in [5, 5.41) is 15.6. The van der Waals surface area contributed by atoms with Gasteiger partial charge in [-0.25, -0.2) is 0 Å². The topological polar surface area (TPSA) is 55.2 Å². The maximum atomic E-state index is 11.1. The Hall–Kier alpha value is -2.04. The van der Waals surface area contributed by atoms with Crippen molar-refractivity contribution in [3.63, 3.8) is 0 Å². The molecular formula is C18H14Cl2N2O2. The first-order chi connectivity index (χ1) is 11.6. The molecule has 24 heavy (non-hydrogen) atoms. The van der Waals surface area contributed by atoms with E-state index in [1.54, 1.807) is 12.1 Å². The van der Waals surface area contributed by atoms with Gasteiger partial charge in [0.05, 0.1) is 26.7 Å². The summed E-state index contributed by atoms with van der Waals surface area (Å²) < 4.78 is 0. The lowest BCUT2D eigenvalue weighted by atomic mass is 9.77. The van der Waals surface area contributed by atoms with E-state index < -0.39 is 0 Å². The highest BCUT2D eigenvalue weighted by Gasteiger charge is 2.39. The lowest BCUT2D eigenvalue weighted by Crippen LogP contribution is -2.29. The number of halogens is 2. The Bertz CT molecular complexity index is 866. The van der Waals surface area contributed by atoms with E-state index in [0.29, 0.717) is 16.0 Å². The van der Waals surface area contributed by atoms with Crippen LogP contribution < -0.4 is 5.32 Å². The first kappa shape index (κ1) is 15.5. The van der Waals surface area contributed by atoms with Crippen molar-refractivity contribution in [3.05, 3.63) is 79.8 Å². The lowest BCUT2D eigenvalue weighted by molar-refractivity contribution is -0.384. The van der Waals surface area contributed by atoms with Crippen molar-refractivity contribution in [2.75, 3.05) is 5.32 Å². The minimum Gasteiger partial charge on any atom is -0.376 e. The molecule has 0 unspecified atom stereocenters. The first-order valence-corrected chi connectivity index (χ1v) is 8.47. The second-order valence-corrected chi connectivity index (χ2v) is 6.94. The van der Waals surface area contributed by atoms with Crippen molar-refractivity contribution in [1.82, 2.24) is 0 Å². The lowest BCUT2D eigenvalue weighted by Gasteiger charge is -2.38. The second-order valence-electron chi connectivity index (χ2n) is 6.15. The van der Waals surface area contributed by atoms with Gasteiger partial charge in [0.25, 0.3) is 5.69 Å². The van der Waals surface area contributed by atoms with Crippen LogP contribution in [0.15, 0.2) is 48.6 Å². The zero-order valence-electron chi connectivity index (χ0n) is 12.6. The fourth-order valence-electron chi connectivity index (χ4n) is 3.76. The smallest absolute Gasteiger partial charge is 0.269 e. The van der Waals surface area contributed by atoms with Crippen LogP contribution in [0.3, 0.4) is 0 Å². The van der Waals surface area contributed by atoms with Crippen LogP contribution in [-0.4, -0.2) is 4.92 Å². The zero-order chi connectivity index (χ0) is 16.8. The monoisotopic (exact) mass is 360 g/mol. The molecule has 1 N–H and O–H groups in total. The Morgan fingerprint density at radius 1 is 1.21 bits per heavy atom. The molecular weight excluding hydrogens is 347 g/mol. The van der Waals surface area contributed by atoms with Gasteiger partial charge in [-0.2, -0.15) is 0 Å². The average Bonchev–Trinajstić information content (AvgIpc) is 3.07. The van der Waals surface area contributed by atoms with Crippen molar-refractivity contribution in [1.29, 1.82) is 0 Å². The molecule has 2 aliphatic rings. The number of anilines is 1. The zero-order valence-corrected chi connectivity index (χ0v) is 14.1. The maximum absolute atomic E-state index is 11.1. The van der Waals surface area contributed by atoms with Gasteiger partial charge in [0.15, 0.2) is 0 Å². The third-order valence-corrected chi connectivity index (χ3v) is 5.67. The molecule has 1 aliphatic heterocycles. The maximum Gasteiger partial charge on any atom is 0.269 e. The van der Waals surface area contributed by atoms with Gasteiger partial charge in [-0.15, -0.1) is 0 Å². The number of allylic oxidation sites excluding steroid dienone is 2. The van der Waals surface area contributed by atoms with Crippen molar-refractivity contribution in [3.8, 4) is 0 Å². The van der Waals surface area contributed by atoms with Crippen LogP contribution >= 0.6 is 23.2 Å². The molecule has 0 aromatic heterocycles. The van der Waals surface area contributed by atoms with Gasteiger partial charge in [0.1, 0.15) is 0 Å². The number of rotatable bonds is 2. The number of hydrogen-bond donors (Lipinski definition) is 1. The summed E-state index contributed by atoms with van der Waals surface area (Å²) in [7, 11) is 0. The average molecular weight is 361 g/mol. The van der Waals surface area contributed by atoms with E-state index in [9.17, 15) is 10.1 Å². The van der Waals surface area contributed by atoms with Gasteiger partial charge in [0.2, 0.25) is 0 Å². The quantitative estimate of drug-likeness (QED) is 0.422. The van der Waals surface area contributed by atoms with Gasteiger partial charge >= 0.3 is 0 Å². The number of benzene rings is 2. The van der Waals surface area contributed by atoms with E-state index in [1.165, 1.54) is 6.07 Å². The molecule has 0 bridgehead atoms. The molecule has 2 aromatic rings. The van der Waals surface area contributed by atoms with Crippen molar-refractivity contribution >= 4 is 34.6 Å². The summed E-state index contributed by atoms with van der Waals surface area (Å²) in [6.07, 6.45) is 5.28. The minimum absolute atomic E-state index is 0.0478. The van der Waals surface area contributed by atoms with Crippen LogP contribution in [-0.2, 0) is 0 Å². The Morgan fingerprint density at radius 2 is 2.04 bits per heavy atom. The summed E-state index contributed by atoms with van der Waals surface area (Å²) in [5.41, 5.74) is 2.95. The number of hydrogen-bond acceptors (Lipinski definition) is 3. The van der Waals surface area contributed by atoms with Gasteiger partial charge < -0.3 is 5.32 Å². The molecule has 1 heterocycles. The van der Waals surface area contributed by atoms with E-state index in [0.717, 1.165) is 23.2 Å². The molecule has 0 fully saturated rings. The predicted octanol–water partition coefficient (Wildman–Crippen LogP) is 5.73. The molecule has 0 saturated heterocycles. The summed E-state index contributed by atoms with van der Waals surface area (Å²) in [4.78, 5) is 10.7. The number of non-ortho nitro benzene ring substituents is 1. The highest BCUT2D eigenvalue weighted by Crippen LogP contribution is 2.52. The van der Waals surface area contributed by atoms with Crippen molar-refractivity contribution < 1.29 is 4.92 Å². The molecule has 4 rings (SSSR count). The number of nitrogens with zero attached hydrogens (tertiary/aromatic N) is 1. The Labute approximate surface area is 149 Å². The molecule has 0 saturated carbocycles. The Morgan fingerprint density at radius 3 is 2.83 bits per heavy atom. The summed E-state index contributed by atoms with van der Waals surface area (Å²) in [6.45, 7) is 0.